The summed E-state index contributed by atoms with van der Waals surface area (Å²) in [6, 6.07) is 5.92. The highest BCUT2D eigenvalue weighted by molar-refractivity contribution is 7.71. The van der Waals surface area contributed by atoms with Crippen LogP contribution in [0.3, 0.4) is 0 Å². The Morgan fingerprint density at radius 3 is 2.45 bits per heavy atom. The average molecular weight is 301 g/mol. The Bertz CT molecular complexity index is 670. The first-order valence-electron chi connectivity index (χ1n) is 5.97. The summed E-state index contributed by atoms with van der Waals surface area (Å²) in [5.41, 5.74) is 0.693. The molecule has 0 atom stereocenters. The third kappa shape index (κ3) is 2.69. The van der Waals surface area contributed by atoms with Gasteiger partial charge in [0.1, 0.15) is 5.75 Å². The molecule has 1 heterocycles. The van der Waals surface area contributed by atoms with Gasteiger partial charge in [0.15, 0.2) is 10.6 Å². The van der Waals surface area contributed by atoms with Crippen LogP contribution in [0.5, 0.6) is 5.75 Å². The molecule has 2 aromatic rings. The predicted molar refractivity (Wildman–Crippen MR) is 67.8 cm³/mol. The van der Waals surface area contributed by atoms with Crippen molar-refractivity contribution in [2.45, 2.75) is 25.2 Å². The van der Waals surface area contributed by atoms with Crippen molar-refractivity contribution in [2.24, 2.45) is 0 Å². The number of rotatable bonds is 3. The van der Waals surface area contributed by atoms with E-state index in [1.165, 1.54) is 24.3 Å². The number of halogens is 3. The third-order valence-electron chi connectivity index (χ3n) is 2.96. The topological polar surface area (TPSA) is 42.8 Å². The maximum absolute atomic E-state index is 12.1. The van der Waals surface area contributed by atoms with E-state index in [4.69, 9.17) is 12.2 Å². The fraction of sp³-hybridized carbons (Fsp3) is 0.333. The second-order valence-electron chi connectivity index (χ2n) is 4.53. The smallest absolute Gasteiger partial charge is 0.406 e. The molecule has 0 saturated heterocycles. The Labute approximate surface area is 117 Å². The molecular formula is C12H10F3N3OS. The van der Waals surface area contributed by atoms with Gasteiger partial charge < -0.3 is 4.74 Å². The zero-order chi connectivity index (χ0) is 14.3. The van der Waals surface area contributed by atoms with Crippen LogP contribution in [0.15, 0.2) is 24.3 Å². The van der Waals surface area contributed by atoms with Gasteiger partial charge in [0.05, 0.1) is 0 Å². The van der Waals surface area contributed by atoms with Crippen molar-refractivity contribution in [3.05, 3.63) is 29.0 Å². The Morgan fingerprint density at radius 2 is 1.90 bits per heavy atom. The summed E-state index contributed by atoms with van der Waals surface area (Å²) in [4.78, 5) is 0. The standard InChI is InChI=1S/C12H10F3N3OS/c13-12(14,15)19-9-5-1-7(2-6-9)10-16-17-11(20)18(10)8-3-4-8/h1-2,5-6,8H,3-4H2,(H,17,20). The van der Waals surface area contributed by atoms with Gasteiger partial charge in [0.2, 0.25) is 0 Å². The van der Waals surface area contributed by atoms with Crippen molar-refractivity contribution < 1.29 is 17.9 Å². The highest BCUT2D eigenvalue weighted by Gasteiger charge is 2.31. The van der Waals surface area contributed by atoms with Gasteiger partial charge in [0.25, 0.3) is 0 Å². The lowest BCUT2D eigenvalue weighted by atomic mass is 10.2. The maximum atomic E-state index is 12.1. The van der Waals surface area contributed by atoms with Crippen molar-refractivity contribution in [1.82, 2.24) is 14.8 Å². The maximum Gasteiger partial charge on any atom is 0.573 e. The molecule has 0 bridgehead atoms. The number of H-pyrrole nitrogens is 1. The Hall–Kier alpha value is -1.83. The molecule has 0 unspecified atom stereocenters. The number of ether oxygens (including phenoxy) is 1. The van der Waals surface area contributed by atoms with Gasteiger partial charge in [-0.25, -0.2) is 0 Å². The van der Waals surface area contributed by atoms with Crippen molar-refractivity contribution in [3.63, 3.8) is 0 Å². The molecule has 3 rings (SSSR count). The SMILES string of the molecule is FC(F)(F)Oc1ccc(-c2n[nH]c(=S)n2C2CC2)cc1. The van der Waals surface area contributed by atoms with E-state index in [9.17, 15) is 13.2 Å². The summed E-state index contributed by atoms with van der Waals surface area (Å²) in [7, 11) is 0. The fourth-order valence-corrected chi connectivity index (χ4v) is 2.27. The van der Waals surface area contributed by atoms with Crippen LogP contribution < -0.4 is 4.74 Å². The lowest BCUT2D eigenvalue weighted by Gasteiger charge is -2.09. The molecule has 1 aliphatic rings. The summed E-state index contributed by atoms with van der Waals surface area (Å²) >= 11 is 5.16. The third-order valence-corrected chi connectivity index (χ3v) is 3.25. The molecule has 0 radical (unpaired) electrons. The minimum absolute atomic E-state index is 0.256. The van der Waals surface area contributed by atoms with E-state index in [0.717, 1.165) is 12.8 Å². The van der Waals surface area contributed by atoms with Gasteiger partial charge in [-0.15, -0.1) is 13.2 Å². The number of aromatic amines is 1. The van der Waals surface area contributed by atoms with E-state index in [-0.39, 0.29) is 5.75 Å². The van der Waals surface area contributed by atoms with Crippen molar-refractivity contribution >= 4 is 12.2 Å². The van der Waals surface area contributed by atoms with E-state index in [1.54, 1.807) is 0 Å². The molecule has 106 valence electrons. The van der Waals surface area contributed by atoms with Gasteiger partial charge in [-0.2, -0.15) is 5.10 Å². The van der Waals surface area contributed by atoms with Crippen LogP contribution in [0.1, 0.15) is 18.9 Å². The predicted octanol–water partition coefficient (Wildman–Crippen LogP) is 3.84. The number of nitrogens with zero attached hydrogens (tertiary/aromatic N) is 2. The molecule has 1 fully saturated rings. The van der Waals surface area contributed by atoms with Crippen LogP contribution in [0.4, 0.5) is 13.2 Å². The molecule has 8 heteroatoms. The lowest BCUT2D eigenvalue weighted by Crippen LogP contribution is -2.16. The largest absolute Gasteiger partial charge is 0.573 e. The normalized spacial score (nSPS) is 15.3. The van der Waals surface area contributed by atoms with E-state index in [2.05, 4.69) is 14.9 Å². The first kappa shape index (κ1) is 13.2. The van der Waals surface area contributed by atoms with Crippen LogP contribution in [0.25, 0.3) is 11.4 Å². The van der Waals surface area contributed by atoms with Gasteiger partial charge >= 0.3 is 6.36 Å². The number of alkyl halides is 3. The number of benzene rings is 1. The van der Waals surface area contributed by atoms with Crippen molar-refractivity contribution in [1.29, 1.82) is 0 Å². The Morgan fingerprint density at radius 1 is 1.25 bits per heavy atom. The van der Waals surface area contributed by atoms with Crippen molar-refractivity contribution in [3.8, 4) is 17.1 Å². The minimum Gasteiger partial charge on any atom is -0.406 e. The number of aromatic nitrogens is 3. The van der Waals surface area contributed by atoms with E-state index in [1.807, 2.05) is 4.57 Å². The van der Waals surface area contributed by atoms with E-state index >= 15 is 0 Å². The Kier molecular flexibility index (Phi) is 3.04. The van der Waals surface area contributed by atoms with Crippen LogP contribution in [0, 0.1) is 4.77 Å². The summed E-state index contributed by atoms with van der Waals surface area (Å²) < 4.78 is 42.5. The molecule has 4 nitrogen and oxygen atoms in total. The highest BCUT2D eigenvalue weighted by Crippen LogP contribution is 2.38. The highest BCUT2D eigenvalue weighted by atomic mass is 32.1. The van der Waals surface area contributed by atoms with Crippen molar-refractivity contribution in [2.75, 3.05) is 0 Å². The molecule has 1 saturated carbocycles. The molecule has 0 aliphatic heterocycles. The molecule has 1 aliphatic carbocycles. The van der Waals surface area contributed by atoms with Gasteiger partial charge in [0, 0.05) is 11.6 Å². The molecule has 1 aromatic carbocycles. The van der Waals surface area contributed by atoms with Gasteiger partial charge in [-0.1, -0.05) is 0 Å². The summed E-state index contributed by atoms with van der Waals surface area (Å²) in [5, 5.41) is 6.85. The van der Waals surface area contributed by atoms with Gasteiger partial charge in [-0.05, 0) is 49.3 Å². The average Bonchev–Trinajstić information content (AvgIpc) is 3.12. The number of hydrogen-bond donors (Lipinski definition) is 1. The summed E-state index contributed by atoms with van der Waals surface area (Å²) in [6.45, 7) is 0. The molecule has 1 N–H and O–H groups in total. The number of nitrogens with one attached hydrogen (secondary N) is 1. The Balaban J connectivity index is 1.90. The van der Waals surface area contributed by atoms with Crippen LogP contribution in [0.2, 0.25) is 0 Å². The molecule has 0 amide bonds. The zero-order valence-electron chi connectivity index (χ0n) is 10.1. The van der Waals surface area contributed by atoms with Crippen LogP contribution in [-0.2, 0) is 0 Å². The quantitative estimate of drug-likeness (QED) is 0.876. The van der Waals surface area contributed by atoms with Gasteiger partial charge in [-0.3, -0.25) is 9.67 Å². The molecular weight excluding hydrogens is 291 g/mol. The monoisotopic (exact) mass is 301 g/mol. The lowest BCUT2D eigenvalue weighted by molar-refractivity contribution is -0.274. The van der Waals surface area contributed by atoms with Crippen LogP contribution >= 0.6 is 12.2 Å². The second kappa shape index (κ2) is 4.62. The summed E-state index contributed by atoms with van der Waals surface area (Å²) in [5.74, 6) is 0.379. The minimum atomic E-state index is -4.68. The summed E-state index contributed by atoms with van der Waals surface area (Å²) in [6.07, 6.45) is -2.61. The fourth-order valence-electron chi connectivity index (χ4n) is 1.99. The first-order chi connectivity index (χ1) is 9.44. The van der Waals surface area contributed by atoms with E-state index < -0.39 is 6.36 Å². The molecule has 1 aromatic heterocycles. The number of hydrogen-bond acceptors (Lipinski definition) is 3. The van der Waals surface area contributed by atoms with Crippen LogP contribution in [-0.4, -0.2) is 21.1 Å². The second-order valence-corrected chi connectivity index (χ2v) is 4.91. The van der Waals surface area contributed by atoms with E-state index in [0.29, 0.717) is 22.2 Å². The molecule has 20 heavy (non-hydrogen) atoms. The first-order valence-corrected chi connectivity index (χ1v) is 6.38. The molecule has 0 spiro atoms. The zero-order valence-corrected chi connectivity index (χ0v) is 11.0.